The van der Waals surface area contributed by atoms with Gasteiger partial charge in [-0.05, 0) is 80.3 Å². The van der Waals surface area contributed by atoms with Crippen molar-refractivity contribution in [2.24, 2.45) is 0 Å². The lowest BCUT2D eigenvalue weighted by atomic mass is 9.99. The molecular weight excluding hydrogens is 631 g/mol. The molecule has 14 heteroatoms. The Labute approximate surface area is 272 Å². The van der Waals surface area contributed by atoms with Gasteiger partial charge in [-0.3, -0.25) is 14.9 Å². The van der Waals surface area contributed by atoms with Gasteiger partial charge in [0.2, 0.25) is 5.91 Å². The van der Waals surface area contributed by atoms with Crippen LogP contribution in [-0.4, -0.2) is 64.3 Å². The molecule has 2 aliphatic heterocycles. The Kier molecular flexibility index (Phi) is 9.61. The fourth-order valence-corrected chi connectivity index (χ4v) is 7.29. The second-order valence-corrected chi connectivity index (χ2v) is 13.9. The molecule has 0 saturated carbocycles. The Morgan fingerprint density at radius 1 is 1.02 bits per heavy atom. The van der Waals surface area contributed by atoms with E-state index in [9.17, 15) is 27.2 Å². The Morgan fingerprint density at radius 2 is 1.77 bits per heavy atom. The normalized spacial score (nSPS) is 16.4. The first kappa shape index (κ1) is 33.5. The van der Waals surface area contributed by atoms with E-state index >= 15 is 0 Å². The molecule has 0 spiro atoms. The van der Waals surface area contributed by atoms with Crippen molar-refractivity contribution in [2.45, 2.75) is 55.5 Å². The first-order valence-electron chi connectivity index (χ1n) is 15.0. The van der Waals surface area contributed by atoms with Crippen LogP contribution in [0.25, 0.3) is 0 Å². The quantitative estimate of drug-likeness (QED) is 0.272. The summed E-state index contributed by atoms with van der Waals surface area (Å²) >= 11 is 0. The first-order valence-corrected chi connectivity index (χ1v) is 16.6. The molecule has 2 unspecified atom stereocenters. The highest BCUT2D eigenvalue weighted by molar-refractivity contribution is 7.92. The third kappa shape index (κ3) is 6.42. The minimum absolute atomic E-state index is 0.0594. The Balaban J connectivity index is 1.61. The number of anilines is 2. The lowest BCUT2D eigenvalue weighted by Gasteiger charge is -2.32. The second-order valence-electron chi connectivity index (χ2n) is 11.5. The topological polar surface area (TPSA) is 152 Å². The number of likely N-dealkylation sites (tertiary alicyclic amines) is 1. The van der Waals surface area contributed by atoms with Gasteiger partial charge in [-0.2, -0.15) is 0 Å². The highest BCUT2D eigenvalue weighted by Crippen LogP contribution is 2.41. The average molecular weight is 669 g/mol. The maximum absolute atomic E-state index is 14.7. The van der Waals surface area contributed by atoms with Gasteiger partial charge in [0.15, 0.2) is 21.3 Å². The lowest BCUT2D eigenvalue weighted by Crippen LogP contribution is -2.38. The number of amides is 3. The molecule has 1 fully saturated rings. The standard InChI is InChI=1S/C33H37FN4O8S/c1-18(2)47(42,43)28-13-9-20(36-33(41)46-5)16-21(28)25-7-6-14-38(25)32(40)30(19-8-12-26(44-3)27(15-19)45-4)37-24-11-10-23(34)29-22(24)17-35-31(29)39/h8-13,15-16,18,25,30,37H,6-7,14,17H2,1-5H3,(H,35,39)(H,36,41). The smallest absolute Gasteiger partial charge is 0.411 e. The molecule has 2 atom stereocenters. The summed E-state index contributed by atoms with van der Waals surface area (Å²) in [7, 11) is 0.378. The molecule has 250 valence electrons. The summed E-state index contributed by atoms with van der Waals surface area (Å²) in [6.07, 6.45) is 0.305. The predicted octanol–water partition coefficient (Wildman–Crippen LogP) is 4.96. The molecule has 3 aromatic rings. The van der Waals surface area contributed by atoms with Gasteiger partial charge in [0.05, 0.1) is 43.1 Å². The summed E-state index contributed by atoms with van der Waals surface area (Å²) in [6.45, 7) is 3.54. The maximum atomic E-state index is 14.7. The van der Waals surface area contributed by atoms with Crippen LogP contribution in [0.5, 0.6) is 11.5 Å². The number of nitrogens with zero attached hydrogens (tertiary/aromatic N) is 1. The first-order chi connectivity index (χ1) is 22.4. The number of carbonyl (C=O) groups excluding carboxylic acids is 3. The molecule has 2 aliphatic rings. The van der Waals surface area contributed by atoms with Gasteiger partial charge in [-0.15, -0.1) is 0 Å². The number of halogens is 1. The number of benzene rings is 3. The van der Waals surface area contributed by atoms with Crippen LogP contribution in [0.4, 0.5) is 20.6 Å². The summed E-state index contributed by atoms with van der Waals surface area (Å²) in [6, 6.07) is 10.4. The van der Waals surface area contributed by atoms with Crippen molar-refractivity contribution in [2.75, 3.05) is 38.5 Å². The number of ether oxygens (including phenoxy) is 3. The molecule has 0 radical (unpaired) electrons. The average Bonchev–Trinajstić information content (AvgIpc) is 3.71. The predicted molar refractivity (Wildman–Crippen MR) is 172 cm³/mol. The summed E-state index contributed by atoms with van der Waals surface area (Å²) < 4.78 is 57.4. The highest BCUT2D eigenvalue weighted by atomic mass is 32.2. The molecule has 1 saturated heterocycles. The van der Waals surface area contributed by atoms with Crippen molar-refractivity contribution in [1.29, 1.82) is 0 Å². The number of hydrogen-bond acceptors (Lipinski definition) is 9. The summed E-state index contributed by atoms with van der Waals surface area (Å²) in [4.78, 5) is 40.8. The number of nitrogens with one attached hydrogen (secondary N) is 3. The third-order valence-electron chi connectivity index (χ3n) is 8.47. The summed E-state index contributed by atoms with van der Waals surface area (Å²) in [5.74, 6) is -0.801. The van der Waals surface area contributed by atoms with E-state index in [1.807, 2.05) is 0 Å². The summed E-state index contributed by atoms with van der Waals surface area (Å²) in [5, 5.41) is 7.72. The highest BCUT2D eigenvalue weighted by Gasteiger charge is 2.39. The fraction of sp³-hybridized carbons (Fsp3) is 0.364. The Bertz CT molecular complexity index is 1830. The third-order valence-corrected chi connectivity index (χ3v) is 10.7. The molecule has 3 amide bonds. The zero-order chi connectivity index (χ0) is 34.0. The van der Waals surface area contributed by atoms with E-state index in [2.05, 4.69) is 16.0 Å². The van der Waals surface area contributed by atoms with Crippen molar-refractivity contribution in [3.63, 3.8) is 0 Å². The van der Waals surface area contributed by atoms with Crippen LogP contribution in [0.3, 0.4) is 0 Å². The largest absolute Gasteiger partial charge is 0.493 e. The SMILES string of the molecule is COC(=O)Nc1ccc(S(=O)(=O)C(C)C)c(C2CCCN2C(=O)C(Nc2ccc(F)c3c2CNC3=O)c2ccc(OC)c(OC)c2)c1. The number of fused-ring (bicyclic) bond motifs is 1. The minimum atomic E-state index is -3.80. The number of sulfone groups is 1. The molecule has 0 aliphatic carbocycles. The van der Waals surface area contributed by atoms with E-state index in [0.29, 0.717) is 59.0 Å². The number of hydrogen-bond donors (Lipinski definition) is 3. The zero-order valence-corrected chi connectivity index (χ0v) is 27.5. The van der Waals surface area contributed by atoms with Crippen LogP contribution in [0.15, 0.2) is 53.4 Å². The minimum Gasteiger partial charge on any atom is -0.493 e. The molecule has 0 bridgehead atoms. The van der Waals surface area contributed by atoms with Gasteiger partial charge in [-0.25, -0.2) is 17.6 Å². The monoisotopic (exact) mass is 668 g/mol. The molecule has 3 aromatic carbocycles. The van der Waals surface area contributed by atoms with Crippen LogP contribution in [0.1, 0.15) is 65.8 Å². The van der Waals surface area contributed by atoms with Gasteiger partial charge < -0.3 is 29.7 Å². The van der Waals surface area contributed by atoms with E-state index in [-0.39, 0.29) is 17.0 Å². The van der Waals surface area contributed by atoms with E-state index in [1.165, 1.54) is 45.6 Å². The maximum Gasteiger partial charge on any atom is 0.411 e. The number of carbonyl (C=O) groups is 3. The van der Waals surface area contributed by atoms with Crippen molar-refractivity contribution >= 4 is 39.1 Å². The summed E-state index contributed by atoms with van der Waals surface area (Å²) in [5.41, 5.74) is 1.84. The van der Waals surface area contributed by atoms with E-state index in [0.717, 1.165) is 0 Å². The van der Waals surface area contributed by atoms with Crippen molar-refractivity contribution in [3.8, 4) is 11.5 Å². The van der Waals surface area contributed by atoms with Gasteiger partial charge in [-0.1, -0.05) is 6.07 Å². The van der Waals surface area contributed by atoms with Crippen molar-refractivity contribution in [3.05, 3.63) is 76.6 Å². The fourth-order valence-electron chi connectivity index (χ4n) is 6.00. The molecule has 3 N–H and O–H groups in total. The number of rotatable bonds is 10. The lowest BCUT2D eigenvalue weighted by molar-refractivity contribution is -0.133. The van der Waals surface area contributed by atoms with E-state index < -0.39 is 50.9 Å². The van der Waals surface area contributed by atoms with Crippen LogP contribution >= 0.6 is 0 Å². The molecule has 5 rings (SSSR count). The van der Waals surface area contributed by atoms with E-state index in [1.54, 1.807) is 43.0 Å². The number of methoxy groups -OCH3 is 3. The Morgan fingerprint density at radius 3 is 2.45 bits per heavy atom. The molecular formula is C33H37FN4O8S. The van der Waals surface area contributed by atoms with Crippen molar-refractivity contribution < 1.29 is 41.4 Å². The van der Waals surface area contributed by atoms with Crippen LogP contribution in [0, 0.1) is 5.82 Å². The van der Waals surface area contributed by atoms with Gasteiger partial charge >= 0.3 is 6.09 Å². The van der Waals surface area contributed by atoms with Gasteiger partial charge in [0, 0.05) is 30.0 Å². The van der Waals surface area contributed by atoms with Gasteiger partial charge in [0.25, 0.3) is 5.91 Å². The zero-order valence-electron chi connectivity index (χ0n) is 26.7. The Hall–Kier alpha value is -4.85. The molecule has 0 aromatic heterocycles. The molecule has 12 nitrogen and oxygen atoms in total. The van der Waals surface area contributed by atoms with Crippen LogP contribution in [0.2, 0.25) is 0 Å². The van der Waals surface area contributed by atoms with Crippen LogP contribution in [-0.2, 0) is 25.9 Å². The second kappa shape index (κ2) is 13.5. The molecule has 2 heterocycles. The van der Waals surface area contributed by atoms with Crippen LogP contribution < -0.4 is 25.4 Å². The van der Waals surface area contributed by atoms with E-state index in [4.69, 9.17) is 14.2 Å². The molecule has 47 heavy (non-hydrogen) atoms. The van der Waals surface area contributed by atoms with Crippen molar-refractivity contribution in [1.82, 2.24) is 10.2 Å². The van der Waals surface area contributed by atoms with Gasteiger partial charge in [0.1, 0.15) is 11.9 Å².